The molecule has 1 saturated heterocycles. The molecule has 1 aliphatic rings. The lowest BCUT2D eigenvalue weighted by Crippen LogP contribution is -2.14. The van der Waals surface area contributed by atoms with Crippen molar-refractivity contribution in [3.05, 3.63) is 72.4 Å². The van der Waals surface area contributed by atoms with E-state index in [0.717, 1.165) is 33.0 Å². The molecule has 0 saturated carbocycles. The van der Waals surface area contributed by atoms with Gasteiger partial charge in [-0.3, -0.25) is 4.79 Å². The molecule has 0 bridgehead atoms. The Morgan fingerprint density at radius 1 is 1.10 bits per heavy atom. The third-order valence-corrected chi connectivity index (χ3v) is 5.99. The van der Waals surface area contributed by atoms with Crippen molar-refractivity contribution in [2.75, 3.05) is 11.9 Å². The van der Waals surface area contributed by atoms with E-state index in [-0.39, 0.29) is 11.8 Å². The van der Waals surface area contributed by atoms with E-state index in [1.54, 1.807) is 17.5 Å². The minimum absolute atomic E-state index is 0.113. The predicted octanol–water partition coefficient (Wildman–Crippen LogP) is 4.91. The summed E-state index contributed by atoms with van der Waals surface area (Å²) in [5.41, 5.74) is 2.95. The standard InChI is InChI=1S/C23H20N4O2S/c28-21-13-15(14-25-21)12-16-4-3-11-24-22(16)29-18-9-7-17(8-10-18)26-23-27-19-5-1-2-6-20(19)30-23/h1-11,15H,12-14H2,(H,25,28)(H,26,27). The topological polar surface area (TPSA) is 76.1 Å². The monoisotopic (exact) mass is 416 g/mol. The van der Waals surface area contributed by atoms with Gasteiger partial charge in [0.2, 0.25) is 11.8 Å². The molecule has 1 atom stereocenters. The van der Waals surface area contributed by atoms with E-state index in [2.05, 4.69) is 26.7 Å². The number of aromatic nitrogens is 2. The normalized spacial score (nSPS) is 15.9. The van der Waals surface area contributed by atoms with Crippen LogP contribution in [0.15, 0.2) is 66.9 Å². The van der Waals surface area contributed by atoms with Crippen LogP contribution in [0.3, 0.4) is 0 Å². The zero-order valence-corrected chi connectivity index (χ0v) is 17.0. The van der Waals surface area contributed by atoms with Crippen LogP contribution >= 0.6 is 11.3 Å². The van der Waals surface area contributed by atoms with E-state index in [4.69, 9.17) is 4.74 Å². The van der Waals surface area contributed by atoms with E-state index in [1.165, 1.54) is 0 Å². The number of thiazole rings is 1. The lowest BCUT2D eigenvalue weighted by atomic mass is 9.99. The van der Waals surface area contributed by atoms with E-state index in [1.807, 2.05) is 54.6 Å². The average molecular weight is 417 g/mol. The molecule has 30 heavy (non-hydrogen) atoms. The fraction of sp³-hybridized carbons (Fsp3) is 0.174. The van der Waals surface area contributed by atoms with Crippen molar-refractivity contribution in [1.29, 1.82) is 0 Å². The Kier molecular flexibility index (Phi) is 5.03. The number of rotatable bonds is 6. The van der Waals surface area contributed by atoms with Gasteiger partial charge in [0, 0.05) is 30.4 Å². The van der Waals surface area contributed by atoms with Gasteiger partial charge in [0.25, 0.3) is 0 Å². The number of hydrogen-bond acceptors (Lipinski definition) is 6. The highest BCUT2D eigenvalue weighted by Crippen LogP contribution is 2.30. The number of para-hydroxylation sites is 1. The maximum absolute atomic E-state index is 11.5. The van der Waals surface area contributed by atoms with Crippen LogP contribution in [0.1, 0.15) is 12.0 Å². The van der Waals surface area contributed by atoms with E-state index in [9.17, 15) is 4.79 Å². The number of carbonyl (C=O) groups is 1. The summed E-state index contributed by atoms with van der Waals surface area (Å²) in [4.78, 5) is 20.5. The molecule has 2 aromatic heterocycles. The lowest BCUT2D eigenvalue weighted by Gasteiger charge is -2.12. The molecular formula is C23H20N4O2S. The van der Waals surface area contributed by atoms with Crippen molar-refractivity contribution in [2.24, 2.45) is 5.92 Å². The van der Waals surface area contributed by atoms with Crippen LogP contribution in [-0.4, -0.2) is 22.4 Å². The van der Waals surface area contributed by atoms with Crippen LogP contribution in [0.5, 0.6) is 11.6 Å². The lowest BCUT2D eigenvalue weighted by molar-refractivity contribution is -0.119. The third kappa shape index (κ3) is 4.11. The maximum atomic E-state index is 11.5. The Morgan fingerprint density at radius 2 is 1.97 bits per heavy atom. The molecule has 2 N–H and O–H groups in total. The third-order valence-electron chi connectivity index (χ3n) is 5.03. The Morgan fingerprint density at radius 3 is 2.77 bits per heavy atom. The summed E-state index contributed by atoms with van der Waals surface area (Å²) in [5, 5.41) is 7.09. The summed E-state index contributed by atoms with van der Waals surface area (Å²) in [5.74, 6) is 1.70. The molecule has 1 amide bonds. The summed E-state index contributed by atoms with van der Waals surface area (Å²) < 4.78 is 7.20. The van der Waals surface area contributed by atoms with Gasteiger partial charge < -0.3 is 15.4 Å². The van der Waals surface area contributed by atoms with Crippen LogP contribution in [0.4, 0.5) is 10.8 Å². The molecule has 150 valence electrons. The van der Waals surface area contributed by atoms with Crippen molar-refractivity contribution >= 4 is 38.3 Å². The molecule has 1 fully saturated rings. The Labute approximate surface area is 178 Å². The number of carbonyl (C=O) groups excluding carboxylic acids is 1. The number of hydrogen-bond donors (Lipinski definition) is 2. The Bertz CT molecular complexity index is 1160. The largest absolute Gasteiger partial charge is 0.439 e. The number of benzene rings is 2. The summed E-state index contributed by atoms with van der Waals surface area (Å²) >= 11 is 1.62. The molecule has 0 aliphatic carbocycles. The SMILES string of the molecule is O=C1CC(Cc2cccnc2Oc2ccc(Nc3nc4ccccc4s3)cc2)CN1. The van der Waals surface area contributed by atoms with Crippen LogP contribution < -0.4 is 15.4 Å². The molecular weight excluding hydrogens is 396 g/mol. The first-order valence-electron chi connectivity index (χ1n) is 9.84. The highest BCUT2D eigenvalue weighted by molar-refractivity contribution is 7.22. The Hall–Kier alpha value is -3.45. The minimum Gasteiger partial charge on any atom is -0.439 e. The van der Waals surface area contributed by atoms with E-state index in [0.29, 0.717) is 24.6 Å². The first-order chi connectivity index (χ1) is 14.7. The first kappa shape index (κ1) is 18.6. The van der Waals surface area contributed by atoms with Crippen LogP contribution in [-0.2, 0) is 11.2 Å². The van der Waals surface area contributed by atoms with Gasteiger partial charge >= 0.3 is 0 Å². The van der Waals surface area contributed by atoms with E-state index < -0.39 is 0 Å². The van der Waals surface area contributed by atoms with Crippen molar-refractivity contribution in [2.45, 2.75) is 12.8 Å². The summed E-state index contributed by atoms with van der Waals surface area (Å²) in [7, 11) is 0. The quantitative estimate of drug-likeness (QED) is 0.467. The van der Waals surface area contributed by atoms with Crippen molar-refractivity contribution < 1.29 is 9.53 Å². The zero-order valence-electron chi connectivity index (χ0n) is 16.2. The minimum atomic E-state index is 0.113. The zero-order chi connectivity index (χ0) is 20.3. The number of nitrogens with zero attached hydrogens (tertiary/aromatic N) is 2. The van der Waals surface area contributed by atoms with Gasteiger partial charge in [-0.05, 0) is 54.8 Å². The molecule has 1 unspecified atom stereocenters. The summed E-state index contributed by atoms with van der Waals surface area (Å²) in [6.07, 6.45) is 3.04. The highest BCUT2D eigenvalue weighted by atomic mass is 32.1. The fourth-order valence-corrected chi connectivity index (χ4v) is 4.44. The predicted molar refractivity (Wildman–Crippen MR) is 118 cm³/mol. The highest BCUT2D eigenvalue weighted by Gasteiger charge is 2.23. The fourth-order valence-electron chi connectivity index (χ4n) is 3.56. The Balaban J connectivity index is 1.27. The number of fused-ring (bicyclic) bond motifs is 1. The second-order valence-electron chi connectivity index (χ2n) is 7.28. The van der Waals surface area contributed by atoms with Crippen LogP contribution in [0.25, 0.3) is 10.2 Å². The first-order valence-corrected chi connectivity index (χ1v) is 10.7. The number of pyridine rings is 1. The summed E-state index contributed by atoms with van der Waals surface area (Å²) in [6, 6.07) is 19.7. The molecule has 3 heterocycles. The number of amides is 1. The van der Waals surface area contributed by atoms with Gasteiger partial charge in [-0.1, -0.05) is 29.5 Å². The maximum Gasteiger partial charge on any atom is 0.222 e. The molecule has 0 spiro atoms. The van der Waals surface area contributed by atoms with Crippen molar-refractivity contribution in [3.63, 3.8) is 0 Å². The van der Waals surface area contributed by atoms with Gasteiger partial charge in [-0.15, -0.1) is 0 Å². The van der Waals surface area contributed by atoms with Gasteiger partial charge in [0.15, 0.2) is 5.13 Å². The van der Waals surface area contributed by atoms with Gasteiger partial charge in [-0.25, -0.2) is 9.97 Å². The smallest absolute Gasteiger partial charge is 0.222 e. The molecule has 7 heteroatoms. The average Bonchev–Trinajstić information content (AvgIpc) is 3.36. The van der Waals surface area contributed by atoms with Gasteiger partial charge in [-0.2, -0.15) is 0 Å². The molecule has 2 aromatic carbocycles. The van der Waals surface area contributed by atoms with Crippen molar-refractivity contribution in [1.82, 2.24) is 15.3 Å². The van der Waals surface area contributed by atoms with Crippen LogP contribution in [0, 0.1) is 5.92 Å². The number of anilines is 2. The molecule has 0 radical (unpaired) electrons. The van der Waals surface area contributed by atoms with E-state index >= 15 is 0 Å². The number of nitrogens with one attached hydrogen (secondary N) is 2. The number of ether oxygens (including phenoxy) is 1. The van der Waals surface area contributed by atoms with Gasteiger partial charge in [0.05, 0.1) is 10.2 Å². The van der Waals surface area contributed by atoms with Crippen molar-refractivity contribution in [3.8, 4) is 11.6 Å². The summed E-state index contributed by atoms with van der Waals surface area (Å²) in [6.45, 7) is 0.708. The molecule has 5 rings (SSSR count). The second-order valence-corrected chi connectivity index (χ2v) is 8.31. The second kappa shape index (κ2) is 8.12. The molecule has 6 nitrogen and oxygen atoms in total. The molecule has 4 aromatic rings. The van der Waals surface area contributed by atoms with Crippen LogP contribution in [0.2, 0.25) is 0 Å². The molecule has 1 aliphatic heterocycles. The van der Waals surface area contributed by atoms with Gasteiger partial charge in [0.1, 0.15) is 5.75 Å².